The first-order valence-corrected chi connectivity index (χ1v) is 6.99. The largest absolute Gasteiger partial charge is 0.317 e. The Bertz CT molecular complexity index is 326. The first-order chi connectivity index (χ1) is 7.70. The Hall–Kier alpha value is -0.380. The lowest BCUT2D eigenvalue weighted by molar-refractivity contribution is 0.180. The van der Waals surface area contributed by atoms with Gasteiger partial charge < -0.3 is 10.2 Å². The highest BCUT2D eigenvalue weighted by Crippen LogP contribution is 2.36. The van der Waals surface area contributed by atoms with Crippen LogP contribution in [-0.2, 0) is 0 Å². The third-order valence-corrected chi connectivity index (χ3v) is 4.65. The maximum absolute atomic E-state index is 3.45. The zero-order valence-corrected chi connectivity index (χ0v) is 11.3. The lowest BCUT2D eigenvalue weighted by Crippen LogP contribution is -2.35. The lowest BCUT2D eigenvalue weighted by atomic mass is 9.87. The van der Waals surface area contributed by atoms with E-state index in [1.165, 1.54) is 31.5 Å². The number of rotatable bonds is 3. The van der Waals surface area contributed by atoms with Gasteiger partial charge in [-0.15, -0.1) is 11.3 Å². The fraction of sp³-hybridized carbons (Fsp3) is 0.692. The van der Waals surface area contributed by atoms with Gasteiger partial charge in [-0.25, -0.2) is 0 Å². The van der Waals surface area contributed by atoms with Crippen molar-refractivity contribution in [2.45, 2.75) is 25.8 Å². The molecule has 1 aromatic rings. The van der Waals surface area contributed by atoms with Crippen LogP contribution in [0.4, 0.5) is 0 Å². The van der Waals surface area contributed by atoms with E-state index in [4.69, 9.17) is 0 Å². The van der Waals surface area contributed by atoms with Gasteiger partial charge in [0.25, 0.3) is 0 Å². The average Bonchev–Trinajstić information content (AvgIpc) is 2.66. The lowest BCUT2D eigenvalue weighted by Gasteiger charge is -2.35. The van der Waals surface area contributed by atoms with Crippen molar-refractivity contribution in [2.75, 3.05) is 27.2 Å². The molecular weight excluding hydrogens is 216 g/mol. The quantitative estimate of drug-likeness (QED) is 0.871. The fourth-order valence-corrected chi connectivity index (χ4v) is 3.93. The molecule has 0 aliphatic carbocycles. The Morgan fingerprint density at radius 2 is 2.06 bits per heavy atom. The summed E-state index contributed by atoms with van der Waals surface area (Å²) in [5.74, 6) is 0.814. The number of nitrogens with one attached hydrogen (secondary N) is 1. The van der Waals surface area contributed by atoms with Crippen LogP contribution in [-0.4, -0.2) is 32.1 Å². The summed E-state index contributed by atoms with van der Waals surface area (Å²) in [4.78, 5) is 3.96. The Morgan fingerprint density at radius 1 is 1.38 bits per heavy atom. The van der Waals surface area contributed by atoms with Gasteiger partial charge in [-0.2, -0.15) is 0 Å². The van der Waals surface area contributed by atoms with Gasteiger partial charge in [-0.3, -0.25) is 0 Å². The molecule has 1 unspecified atom stereocenters. The maximum atomic E-state index is 3.45. The van der Waals surface area contributed by atoms with E-state index in [9.17, 15) is 0 Å². The Labute approximate surface area is 103 Å². The monoisotopic (exact) mass is 238 g/mol. The molecule has 0 saturated carbocycles. The number of hydrogen-bond donors (Lipinski definition) is 1. The summed E-state index contributed by atoms with van der Waals surface area (Å²) < 4.78 is 0. The van der Waals surface area contributed by atoms with Crippen LogP contribution in [0.5, 0.6) is 0 Å². The first kappa shape index (κ1) is 12.1. The minimum atomic E-state index is 0.613. The third kappa shape index (κ3) is 2.47. The van der Waals surface area contributed by atoms with Crippen molar-refractivity contribution in [3.8, 4) is 0 Å². The van der Waals surface area contributed by atoms with Gasteiger partial charge in [0, 0.05) is 10.9 Å². The summed E-state index contributed by atoms with van der Waals surface area (Å²) in [6.07, 6.45) is 2.61. The number of piperidine rings is 1. The summed E-state index contributed by atoms with van der Waals surface area (Å²) >= 11 is 1.92. The molecule has 0 radical (unpaired) electrons. The third-order valence-electron chi connectivity index (χ3n) is 3.56. The fourth-order valence-electron chi connectivity index (χ4n) is 2.72. The van der Waals surface area contributed by atoms with Crippen molar-refractivity contribution in [1.82, 2.24) is 10.2 Å². The molecule has 2 nitrogen and oxygen atoms in total. The van der Waals surface area contributed by atoms with E-state index < -0.39 is 0 Å². The number of thiophene rings is 1. The van der Waals surface area contributed by atoms with Gasteiger partial charge in [0.1, 0.15) is 0 Å². The summed E-state index contributed by atoms with van der Waals surface area (Å²) in [5, 5.41) is 5.68. The number of hydrogen-bond acceptors (Lipinski definition) is 3. The van der Waals surface area contributed by atoms with Crippen molar-refractivity contribution in [2.24, 2.45) is 5.92 Å². The number of aryl methyl sites for hydroxylation is 1. The second-order valence-corrected chi connectivity index (χ2v) is 5.91. The smallest absolute Gasteiger partial charge is 0.0467 e. The molecular formula is C13H22N2S. The Kier molecular flexibility index (Phi) is 4.00. The van der Waals surface area contributed by atoms with E-state index in [2.05, 4.69) is 42.7 Å². The van der Waals surface area contributed by atoms with Gasteiger partial charge in [0.05, 0.1) is 0 Å². The summed E-state index contributed by atoms with van der Waals surface area (Å²) in [6.45, 7) is 4.60. The molecule has 1 aromatic heterocycles. The van der Waals surface area contributed by atoms with Crippen molar-refractivity contribution < 1.29 is 0 Å². The molecule has 0 bridgehead atoms. The van der Waals surface area contributed by atoms with Crippen molar-refractivity contribution in [3.63, 3.8) is 0 Å². The molecule has 1 aliphatic heterocycles. The highest BCUT2D eigenvalue weighted by atomic mass is 32.1. The molecule has 1 N–H and O–H groups in total. The molecule has 1 saturated heterocycles. The normalized spacial score (nSPS) is 20.2. The summed E-state index contributed by atoms with van der Waals surface area (Å²) in [5.41, 5.74) is 1.46. The predicted molar refractivity (Wildman–Crippen MR) is 71.1 cm³/mol. The van der Waals surface area contributed by atoms with Gasteiger partial charge in [0.2, 0.25) is 0 Å². The molecule has 0 amide bonds. The van der Waals surface area contributed by atoms with Crippen LogP contribution < -0.4 is 5.32 Å². The van der Waals surface area contributed by atoms with E-state index in [-0.39, 0.29) is 0 Å². The van der Waals surface area contributed by atoms with Gasteiger partial charge in [-0.05, 0) is 69.9 Å². The van der Waals surface area contributed by atoms with E-state index in [0.717, 1.165) is 5.92 Å². The highest BCUT2D eigenvalue weighted by molar-refractivity contribution is 7.10. The molecule has 2 rings (SSSR count). The predicted octanol–water partition coefficient (Wildman–Crippen LogP) is 2.66. The standard InChI is InChI=1S/C13H22N2S/c1-10-6-9-16-13(10)12(15(2)3)11-4-7-14-8-5-11/h6,9,11-12,14H,4-5,7-8H2,1-3H3. The number of nitrogens with zero attached hydrogens (tertiary/aromatic N) is 1. The second kappa shape index (κ2) is 5.30. The molecule has 3 heteroatoms. The van der Waals surface area contributed by atoms with Crippen molar-refractivity contribution in [1.29, 1.82) is 0 Å². The second-order valence-electron chi connectivity index (χ2n) is 4.96. The van der Waals surface area contributed by atoms with Crippen LogP contribution in [0.25, 0.3) is 0 Å². The highest BCUT2D eigenvalue weighted by Gasteiger charge is 2.28. The molecule has 2 heterocycles. The minimum Gasteiger partial charge on any atom is -0.317 e. The molecule has 1 atom stereocenters. The van der Waals surface area contributed by atoms with Crippen LogP contribution in [0.15, 0.2) is 11.4 Å². The van der Waals surface area contributed by atoms with Crippen molar-refractivity contribution >= 4 is 11.3 Å². The average molecular weight is 238 g/mol. The summed E-state index contributed by atoms with van der Waals surface area (Å²) in [7, 11) is 4.43. The first-order valence-electron chi connectivity index (χ1n) is 6.11. The Morgan fingerprint density at radius 3 is 2.56 bits per heavy atom. The van der Waals surface area contributed by atoms with Crippen LogP contribution in [0.1, 0.15) is 29.3 Å². The van der Waals surface area contributed by atoms with Gasteiger partial charge in [-0.1, -0.05) is 0 Å². The molecule has 16 heavy (non-hydrogen) atoms. The molecule has 1 aliphatic rings. The SMILES string of the molecule is Cc1ccsc1C(C1CCNCC1)N(C)C. The zero-order chi connectivity index (χ0) is 11.5. The van der Waals surface area contributed by atoms with Gasteiger partial charge >= 0.3 is 0 Å². The minimum absolute atomic E-state index is 0.613. The zero-order valence-electron chi connectivity index (χ0n) is 10.5. The van der Waals surface area contributed by atoms with E-state index in [0.29, 0.717) is 6.04 Å². The van der Waals surface area contributed by atoms with Crippen LogP contribution in [0.2, 0.25) is 0 Å². The Balaban J connectivity index is 2.19. The molecule has 0 aromatic carbocycles. The van der Waals surface area contributed by atoms with Crippen LogP contribution in [0, 0.1) is 12.8 Å². The molecule has 1 fully saturated rings. The van der Waals surface area contributed by atoms with E-state index in [1.54, 1.807) is 4.88 Å². The van der Waals surface area contributed by atoms with Crippen LogP contribution in [0.3, 0.4) is 0 Å². The molecule has 90 valence electrons. The molecule has 0 spiro atoms. The van der Waals surface area contributed by atoms with Gasteiger partial charge in [0.15, 0.2) is 0 Å². The summed E-state index contributed by atoms with van der Waals surface area (Å²) in [6, 6.07) is 2.86. The maximum Gasteiger partial charge on any atom is 0.0467 e. The topological polar surface area (TPSA) is 15.3 Å². The van der Waals surface area contributed by atoms with Crippen LogP contribution >= 0.6 is 11.3 Å². The van der Waals surface area contributed by atoms with E-state index in [1.807, 2.05) is 11.3 Å². The van der Waals surface area contributed by atoms with E-state index >= 15 is 0 Å². The van der Waals surface area contributed by atoms with Crippen molar-refractivity contribution in [3.05, 3.63) is 21.9 Å².